The van der Waals surface area contributed by atoms with E-state index in [0.29, 0.717) is 5.13 Å². The summed E-state index contributed by atoms with van der Waals surface area (Å²) in [5, 5.41) is 11.3. The maximum Gasteiger partial charge on any atom is 0.192 e. The number of hydrogen-bond acceptors (Lipinski definition) is 3. The minimum Gasteiger partial charge on any atom is -0.370 e. The number of aromatic nitrogens is 1. The Morgan fingerprint density at radius 2 is 2.31 bits per heavy atom. The molecule has 0 bridgehead atoms. The third-order valence-electron chi connectivity index (χ3n) is 1.85. The van der Waals surface area contributed by atoms with E-state index >= 15 is 0 Å². The van der Waals surface area contributed by atoms with Gasteiger partial charge in [0.1, 0.15) is 0 Å². The Labute approximate surface area is 116 Å². The van der Waals surface area contributed by atoms with E-state index in [9.17, 15) is 0 Å². The number of fused-ring (bicyclic) bond motifs is 1. The van der Waals surface area contributed by atoms with Crippen molar-refractivity contribution < 1.29 is 0 Å². The maximum atomic E-state index is 7.11. The summed E-state index contributed by atoms with van der Waals surface area (Å²) in [4.78, 5) is 4.33. The molecule has 86 valence electrons. The average molecular weight is 366 g/mol. The Morgan fingerprint density at radius 1 is 1.56 bits per heavy atom. The highest BCUT2D eigenvalue weighted by atomic mass is 79.9. The van der Waals surface area contributed by atoms with Crippen molar-refractivity contribution in [1.82, 2.24) is 4.98 Å². The van der Waals surface area contributed by atoms with E-state index in [0.717, 1.165) is 15.5 Å². The fourth-order valence-electron chi connectivity index (χ4n) is 1.22. The summed E-state index contributed by atoms with van der Waals surface area (Å²) in [5.41, 5.74) is 7.35. The van der Waals surface area contributed by atoms with Crippen LogP contribution in [0.1, 0.15) is 5.56 Å². The van der Waals surface area contributed by atoms with E-state index in [1.807, 2.05) is 18.2 Å². The molecule has 0 unspecified atom stereocenters. The second-order valence-electron chi connectivity index (χ2n) is 2.99. The van der Waals surface area contributed by atoms with Gasteiger partial charge in [-0.2, -0.15) is 0 Å². The fraction of sp³-hybridized carbons (Fsp3) is 0.111. The van der Waals surface area contributed by atoms with E-state index in [4.69, 9.17) is 11.1 Å². The van der Waals surface area contributed by atoms with Gasteiger partial charge in [-0.15, -0.1) is 17.0 Å². The molecule has 0 saturated heterocycles. The van der Waals surface area contributed by atoms with Crippen molar-refractivity contribution in [2.75, 3.05) is 5.32 Å². The molecule has 0 fully saturated rings. The number of halogens is 2. The van der Waals surface area contributed by atoms with Crippen molar-refractivity contribution in [2.45, 2.75) is 5.33 Å². The summed E-state index contributed by atoms with van der Waals surface area (Å²) in [6, 6.07) is 6.09. The highest BCUT2D eigenvalue weighted by molar-refractivity contribution is 9.08. The average Bonchev–Trinajstić information content (AvgIpc) is 2.57. The van der Waals surface area contributed by atoms with E-state index in [-0.39, 0.29) is 22.9 Å². The van der Waals surface area contributed by atoms with Crippen LogP contribution in [0, 0.1) is 5.41 Å². The zero-order valence-electron chi connectivity index (χ0n) is 8.16. The van der Waals surface area contributed by atoms with Gasteiger partial charge < -0.3 is 11.1 Å². The second kappa shape index (κ2) is 5.60. The molecule has 1 heterocycles. The molecule has 16 heavy (non-hydrogen) atoms. The van der Waals surface area contributed by atoms with Crippen molar-refractivity contribution in [3.8, 4) is 0 Å². The quantitative estimate of drug-likeness (QED) is 0.435. The third-order valence-corrected chi connectivity index (χ3v) is 3.45. The van der Waals surface area contributed by atoms with Gasteiger partial charge >= 0.3 is 0 Å². The molecular weight excluding hydrogens is 356 g/mol. The van der Waals surface area contributed by atoms with E-state index in [2.05, 4.69) is 26.2 Å². The van der Waals surface area contributed by atoms with Crippen molar-refractivity contribution in [2.24, 2.45) is 5.73 Å². The molecule has 0 aliphatic rings. The number of rotatable bonds is 2. The molecule has 0 aliphatic heterocycles. The molecule has 1 aromatic heterocycles. The van der Waals surface area contributed by atoms with Gasteiger partial charge in [0.2, 0.25) is 0 Å². The lowest BCUT2D eigenvalue weighted by molar-refractivity contribution is 1.38. The number of nitrogens with zero attached hydrogens (tertiary/aromatic N) is 1. The molecular formula is C9H10Br2N4S. The van der Waals surface area contributed by atoms with Gasteiger partial charge in [0.15, 0.2) is 11.1 Å². The highest BCUT2D eigenvalue weighted by Crippen LogP contribution is 2.26. The van der Waals surface area contributed by atoms with E-state index in [1.54, 1.807) is 0 Å². The van der Waals surface area contributed by atoms with Crippen LogP contribution in [0.4, 0.5) is 5.13 Å². The Balaban J connectivity index is 0.00000128. The number of nitrogens with one attached hydrogen (secondary N) is 2. The van der Waals surface area contributed by atoms with Crippen molar-refractivity contribution in [1.29, 1.82) is 5.41 Å². The van der Waals surface area contributed by atoms with Crippen LogP contribution in [-0.2, 0) is 5.33 Å². The van der Waals surface area contributed by atoms with Gasteiger partial charge in [0, 0.05) is 5.33 Å². The van der Waals surface area contributed by atoms with Crippen molar-refractivity contribution in [3.63, 3.8) is 0 Å². The number of nitrogens with two attached hydrogens (primary N) is 1. The zero-order valence-corrected chi connectivity index (χ0v) is 12.3. The van der Waals surface area contributed by atoms with Gasteiger partial charge in [-0.25, -0.2) is 4.98 Å². The lowest BCUT2D eigenvalue weighted by Gasteiger charge is -1.94. The first-order valence-electron chi connectivity index (χ1n) is 4.25. The molecule has 7 heteroatoms. The largest absolute Gasteiger partial charge is 0.370 e. The van der Waals surface area contributed by atoms with Crippen molar-refractivity contribution in [3.05, 3.63) is 23.8 Å². The number of guanidine groups is 1. The molecule has 0 radical (unpaired) electrons. The molecule has 1 aromatic carbocycles. The van der Waals surface area contributed by atoms with Crippen molar-refractivity contribution >= 4 is 65.6 Å². The topological polar surface area (TPSA) is 74.8 Å². The number of benzene rings is 1. The molecule has 0 aliphatic carbocycles. The summed E-state index contributed by atoms with van der Waals surface area (Å²) in [6.07, 6.45) is 0. The minimum absolute atomic E-state index is 0. The Hall–Kier alpha value is -0.660. The normalized spacial score (nSPS) is 9.81. The Kier molecular flexibility index (Phi) is 4.69. The first-order valence-corrected chi connectivity index (χ1v) is 6.19. The Bertz CT molecular complexity index is 511. The number of alkyl halides is 1. The van der Waals surface area contributed by atoms with Crippen LogP contribution >= 0.6 is 44.2 Å². The van der Waals surface area contributed by atoms with Gasteiger partial charge in [0.25, 0.3) is 0 Å². The van der Waals surface area contributed by atoms with E-state index < -0.39 is 0 Å². The number of hydrogen-bond donors (Lipinski definition) is 3. The van der Waals surface area contributed by atoms with Crippen LogP contribution in [0.5, 0.6) is 0 Å². The summed E-state index contributed by atoms with van der Waals surface area (Å²) in [6.45, 7) is 0. The second-order valence-corrected chi connectivity index (χ2v) is 4.58. The summed E-state index contributed by atoms with van der Waals surface area (Å²) < 4.78 is 1.09. The first-order chi connectivity index (χ1) is 7.19. The fourth-order valence-corrected chi connectivity index (χ4v) is 2.43. The van der Waals surface area contributed by atoms with Gasteiger partial charge in [0.05, 0.1) is 10.2 Å². The number of thiazole rings is 1. The van der Waals surface area contributed by atoms with Crippen LogP contribution in [0.15, 0.2) is 18.2 Å². The predicted molar refractivity (Wildman–Crippen MR) is 78.1 cm³/mol. The van der Waals surface area contributed by atoms with E-state index in [1.165, 1.54) is 16.9 Å². The van der Waals surface area contributed by atoms with Crippen LogP contribution in [0.3, 0.4) is 0 Å². The molecule has 4 N–H and O–H groups in total. The molecule has 0 saturated carbocycles. The molecule has 0 atom stereocenters. The maximum absolute atomic E-state index is 7.11. The lowest BCUT2D eigenvalue weighted by atomic mass is 10.2. The minimum atomic E-state index is -0.0882. The molecule has 0 amide bonds. The first kappa shape index (κ1) is 13.4. The zero-order chi connectivity index (χ0) is 10.8. The SMILES string of the molecule is Br.N=C(N)Nc1nc2cc(CBr)ccc2s1. The summed E-state index contributed by atoms with van der Waals surface area (Å²) in [7, 11) is 0. The Morgan fingerprint density at radius 3 is 2.94 bits per heavy atom. The van der Waals surface area contributed by atoms with Gasteiger partial charge in [-0.1, -0.05) is 33.3 Å². The van der Waals surface area contributed by atoms with Gasteiger partial charge in [-0.05, 0) is 17.7 Å². The lowest BCUT2D eigenvalue weighted by Crippen LogP contribution is -2.20. The monoisotopic (exact) mass is 364 g/mol. The molecule has 4 nitrogen and oxygen atoms in total. The van der Waals surface area contributed by atoms with Crippen LogP contribution < -0.4 is 11.1 Å². The molecule has 2 rings (SSSR count). The van der Waals surface area contributed by atoms with Crippen LogP contribution in [0.2, 0.25) is 0 Å². The third kappa shape index (κ3) is 2.93. The summed E-state index contributed by atoms with van der Waals surface area (Å²) >= 11 is 4.88. The smallest absolute Gasteiger partial charge is 0.192 e. The summed E-state index contributed by atoms with van der Waals surface area (Å²) in [5.74, 6) is -0.0882. The van der Waals surface area contributed by atoms with Crippen LogP contribution in [-0.4, -0.2) is 10.9 Å². The van der Waals surface area contributed by atoms with Gasteiger partial charge in [-0.3, -0.25) is 5.41 Å². The molecule has 0 spiro atoms. The van der Waals surface area contributed by atoms with Crippen LogP contribution in [0.25, 0.3) is 10.2 Å². The standard InChI is InChI=1S/C9H9BrN4S.BrH/c10-4-5-1-2-7-6(3-5)13-9(15-7)14-8(11)12;/h1-3H,4H2,(H4,11,12,13,14);1H. The number of anilines is 1. The highest BCUT2D eigenvalue weighted by Gasteiger charge is 2.04. The molecule has 2 aromatic rings. The predicted octanol–water partition coefficient (Wildman–Crippen LogP) is 3.07.